The first-order chi connectivity index (χ1) is 19.2. The monoisotopic (exact) mass is 694 g/mol. The maximum Gasteiger partial charge on any atom is 0.408 e. The molecule has 2 atom stereocenters. The number of benzene rings is 2. The van der Waals surface area contributed by atoms with Crippen molar-refractivity contribution in [2.24, 2.45) is 0 Å². The summed E-state index contributed by atoms with van der Waals surface area (Å²) in [6.45, 7) is 14.8. The van der Waals surface area contributed by atoms with Gasteiger partial charge in [0.25, 0.3) is 5.91 Å². The summed E-state index contributed by atoms with van der Waals surface area (Å²) in [4.78, 5) is 52.0. The Balaban J connectivity index is 2.34. The van der Waals surface area contributed by atoms with Crippen LogP contribution in [0.25, 0.3) is 0 Å². The van der Waals surface area contributed by atoms with Crippen molar-refractivity contribution in [3.63, 3.8) is 0 Å². The van der Waals surface area contributed by atoms with E-state index in [4.69, 9.17) is 18.9 Å². The SMILES string of the molecule is CC(C)(C)OC(=O)N[C@@H](C(=O)OC(C)(C)C)[C@H](OCc1cccc(NC(=O)c2ccc([125I])cc2)c1)C(=O)OC(C)(C)C. The average Bonchev–Trinajstić information content (AvgIpc) is 2.80. The van der Waals surface area contributed by atoms with Crippen molar-refractivity contribution in [2.45, 2.75) is 97.9 Å². The number of amides is 2. The third-order valence-corrected chi connectivity index (χ3v) is 5.71. The highest BCUT2D eigenvalue weighted by Gasteiger charge is 2.42. The van der Waals surface area contributed by atoms with Gasteiger partial charge in [-0.25, -0.2) is 14.4 Å². The molecule has 0 bridgehead atoms. The van der Waals surface area contributed by atoms with Crippen LogP contribution in [0.3, 0.4) is 0 Å². The molecule has 2 aromatic carbocycles. The van der Waals surface area contributed by atoms with Crippen LogP contribution in [-0.2, 0) is 35.1 Å². The molecule has 0 aliphatic carbocycles. The van der Waals surface area contributed by atoms with Crippen LogP contribution in [0, 0.1) is 3.57 Å². The Hall–Kier alpha value is -3.19. The fourth-order valence-corrected chi connectivity index (χ4v) is 3.81. The number of esters is 2. The number of halogens is 1. The van der Waals surface area contributed by atoms with Gasteiger partial charge in [0.15, 0.2) is 12.1 Å². The summed E-state index contributed by atoms with van der Waals surface area (Å²) in [5, 5.41) is 5.28. The van der Waals surface area contributed by atoms with E-state index in [0.29, 0.717) is 16.8 Å². The fourth-order valence-electron chi connectivity index (χ4n) is 3.45. The molecule has 2 aromatic rings. The molecular weight excluding hydrogens is 653 g/mol. The van der Waals surface area contributed by atoms with E-state index < -0.39 is 47.0 Å². The minimum absolute atomic E-state index is 0.160. The number of nitrogens with one attached hydrogen (secondary N) is 2. The van der Waals surface area contributed by atoms with Gasteiger partial charge in [0.05, 0.1) is 6.61 Å². The minimum atomic E-state index is -1.59. The van der Waals surface area contributed by atoms with Gasteiger partial charge in [0.2, 0.25) is 0 Å². The van der Waals surface area contributed by atoms with Crippen LogP contribution < -0.4 is 10.6 Å². The summed E-state index contributed by atoms with van der Waals surface area (Å²) in [5.41, 5.74) is -1.12. The van der Waals surface area contributed by atoms with Crippen LogP contribution in [0.1, 0.15) is 78.2 Å². The average molecular weight is 695 g/mol. The van der Waals surface area contributed by atoms with E-state index in [0.717, 1.165) is 3.57 Å². The molecule has 0 aliphatic heterocycles. The van der Waals surface area contributed by atoms with Crippen molar-refractivity contribution in [3.8, 4) is 0 Å². The highest BCUT2D eigenvalue weighted by Crippen LogP contribution is 2.20. The Kier molecular flexibility index (Phi) is 11.9. The number of ether oxygens (including phenoxy) is 4. The zero-order valence-corrected chi connectivity index (χ0v) is 27.8. The molecule has 42 heavy (non-hydrogen) atoms. The Morgan fingerprint density at radius 1 is 0.762 bits per heavy atom. The van der Waals surface area contributed by atoms with Gasteiger partial charge in [-0.1, -0.05) is 12.1 Å². The van der Waals surface area contributed by atoms with Gasteiger partial charge in [-0.3, -0.25) is 4.79 Å². The van der Waals surface area contributed by atoms with Crippen LogP contribution in [0.4, 0.5) is 10.5 Å². The molecule has 2 amide bonds. The molecule has 0 aliphatic rings. The molecule has 0 saturated heterocycles. The van der Waals surface area contributed by atoms with E-state index in [-0.39, 0.29) is 12.5 Å². The third-order valence-electron chi connectivity index (χ3n) is 5.00. The smallest absolute Gasteiger partial charge is 0.408 e. The molecule has 2 rings (SSSR count). The van der Waals surface area contributed by atoms with Crippen LogP contribution in [0.2, 0.25) is 0 Å². The molecule has 0 unspecified atom stereocenters. The van der Waals surface area contributed by atoms with Gasteiger partial charge in [-0.2, -0.15) is 0 Å². The molecule has 0 radical (unpaired) electrons. The first kappa shape index (κ1) is 35.0. The molecule has 0 aromatic heterocycles. The molecule has 0 spiro atoms. The van der Waals surface area contributed by atoms with Gasteiger partial charge in [0.1, 0.15) is 16.8 Å². The summed E-state index contributed by atoms with van der Waals surface area (Å²) >= 11 is 2.16. The van der Waals surface area contributed by atoms with Gasteiger partial charge < -0.3 is 29.6 Å². The van der Waals surface area contributed by atoms with Crippen LogP contribution in [0.15, 0.2) is 48.5 Å². The van der Waals surface area contributed by atoms with Gasteiger partial charge >= 0.3 is 18.0 Å². The van der Waals surface area contributed by atoms with Gasteiger partial charge in [0, 0.05) is 14.8 Å². The molecule has 0 saturated carbocycles. The lowest BCUT2D eigenvalue weighted by molar-refractivity contribution is -0.180. The van der Waals surface area contributed by atoms with Crippen molar-refractivity contribution in [3.05, 3.63) is 63.2 Å². The number of rotatable bonds is 9. The van der Waals surface area contributed by atoms with E-state index in [2.05, 4.69) is 33.2 Å². The summed E-state index contributed by atoms with van der Waals surface area (Å²) in [7, 11) is 0. The number of alkyl carbamates (subject to hydrolysis) is 1. The predicted octanol–water partition coefficient (Wildman–Crippen LogP) is 6.01. The Bertz CT molecular complexity index is 1260. The van der Waals surface area contributed by atoms with E-state index >= 15 is 0 Å². The maximum atomic E-state index is 13.3. The van der Waals surface area contributed by atoms with Crippen LogP contribution in [0.5, 0.6) is 0 Å². The summed E-state index contributed by atoms with van der Waals surface area (Å²) in [6.07, 6.45) is -2.52. The Morgan fingerprint density at radius 3 is 1.86 bits per heavy atom. The molecule has 230 valence electrons. The van der Waals surface area contributed by atoms with Crippen molar-refractivity contribution in [1.29, 1.82) is 0 Å². The highest BCUT2D eigenvalue weighted by atomic mass is 125. The minimum Gasteiger partial charge on any atom is -0.458 e. The summed E-state index contributed by atoms with van der Waals surface area (Å²) in [6, 6.07) is 12.4. The number of carbonyl (C=O) groups is 4. The summed E-state index contributed by atoms with van der Waals surface area (Å²) < 4.78 is 23.4. The number of hydrogen-bond donors (Lipinski definition) is 2. The second-order valence-electron chi connectivity index (χ2n) is 12.6. The van der Waals surface area contributed by atoms with E-state index in [9.17, 15) is 19.2 Å². The van der Waals surface area contributed by atoms with Gasteiger partial charge in [-0.05, 0) is 127 Å². The zero-order valence-electron chi connectivity index (χ0n) is 25.6. The lowest BCUT2D eigenvalue weighted by Gasteiger charge is -2.31. The van der Waals surface area contributed by atoms with Crippen molar-refractivity contribution in [1.82, 2.24) is 5.32 Å². The quantitative estimate of drug-likeness (QED) is 0.186. The number of anilines is 1. The van der Waals surface area contributed by atoms with E-state index in [1.165, 1.54) is 0 Å². The fraction of sp³-hybridized carbons (Fsp3) is 0.484. The van der Waals surface area contributed by atoms with Crippen molar-refractivity contribution in [2.75, 3.05) is 5.32 Å². The molecular formula is C31H41IN2O8. The van der Waals surface area contributed by atoms with Crippen molar-refractivity contribution < 1.29 is 38.1 Å². The molecule has 10 nitrogen and oxygen atoms in total. The maximum absolute atomic E-state index is 13.3. The molecule has 0 heterocycles. The highest BCUT2D eigenvalue weighted by molar-refractivity contribution is 14.1. The van der Waals surface area contributed by atoms with Crippen LogP contribution in [-0.4, -0.2) is 52.9 Å². The van der Waals surface area contributed by atoms with Crippen LogP contribution >= 0.6 is 22.6 Å². The van der Waals surface area contributed by atoms with E-state index in [1.807, 2.05) is 12.1 Å². The molecule has 0 fully saturated rings. The normalized spacial score (nSPS) is 13.4. The first-order valence-corrected chi connectivity index (χ1v) is 14.5. The van der Waals surface area contributed by atoms with Crippen molar-refractivity contribution >= 4 is 52.2 Å². The largest absolute Gasteiger partial charge is 0.458 e. The Morgan fingerprint density at radius 2 is 1.31 bits per heavy atom. The lowest BCUT2D eigenvalue weighted by Crippen LogP contribution is -2.56. The third kappa shape index (κ3) is 12.8. The second kappa shape index (κ2) is 14.3. The van der Waals surface area contributed by atoms with E-state index in [1.54, 1.807) is 98.7 Å². The van der Waals surface area contributed by atoms with Gasteiger partial charge in [-0.15, -0.1) is 0 Å². The topological polar surface area (TPSA) is 129 Å². The molecule has 2 N–H and O–H groups in total. The number of carbonyl (C=O) groups excluding carboxylic acids is 4. The lowest BCUT2D eigenvalue weighted by atomic mass is 10.1. The number of hydrogen-bond acceptors (Lipinski definition) is 8. The Labute approximate surface area is 261 Å². The standard InChI is InChI=1S/C31H41IN2O8/c1-29(2,3)40-26(36)23(34-28(38)42-31(7,8)9)24(27(37)41-30(4,5)6)39-18-19-11-10-12-22(17-19)33-25(35)20-13-15-21(32)16-14-20/h10-17,23-24H,18H2,1-9H3,(H,33,35)(H,34,38)/t23-,24+/m1/s1/i32-2. The summed E-state index contributed by atoms with van der Waals surface area (Å²) in [5.74, 6) is -2.07. The first-order valence-electron chi connectivity index (χ1n) is 13.5. The second-order valence-corrected chi connectivity index (χ2v) is 13.8. The molecule has 11 heteroatoms. The zero-order chi connectivity index (χ0) is 31.9. The predicted molar refractivity (Wildman–Crippen MR) is 167 cm³/mol.